The first-order valence-corrected chi connectivity index (χ1v) is 11.2. The molecule has 2 N–H and O–H groups in total. The summed E-state index contributed by atoms with van der Waals surface area (Å²) in [6.45, 7) is 7.82. The van der Waals surface area contributed by atoms with E-state index in [2.05, 4.69) is 26.8 Å². The molecule has 2 fully saturated rings. The molecule has 2 bridgehead atoms. The molecule has 0 saturated carbocycles. The Labute approximate surface area is 170 Å². The van der Waals surface area contributed by atoms with E-state index in [1.54, 1.807) is 0 Å². The maximum atomic E-state index is 10.7. The molecule has 2 aliphatic heterocycles. The molecule has 28 heavy (non-hydrogen) atoms. The minimum Gasteiger partial charge on any atom is -0.481 e. The number of rotatable bonds is 14. The number of aliphatic hydroxyl groups is 1. The molecule has 0 amide bonds. The van der Waals surface area contributed by atoms with Crippen molar-refractivity contribution in [3.05, 3.63) is 12.2 Å². The van der Waals surface area contributed by atoms with Gasteiger partial charge in [-0.15, -0.1) is 0 Å². The second kappa shape index (κ2) is 11.3. The van der Waals surface area contributed by atoms with Crippen molar-refractivity contribution < 1.29 is 24.5 Å². The van der Waals surface area contributed by atoms with Gasteiger partial charge < -0.3 is 19.7 Å². The molecule has 2 aliphatic rings. The zero-order valence-corrected chi connectivity index (χ0v) is 17.9. The lowest BCUT2D eigenvalue weighted by Gasteiger charge is -2.30. The van der Waals surface area contributed by atoms with Crippen LogP contribution < -0.4 is 0 Å². The number of fused-ring (bicyclic) bond motifs is 2. The minimum absolute atomic E-state index is 0.104. The zero-order chi connectivity index (χ0) is 20.6. The number of hydrogen-bond donors (Lipinski definition) is 2. The van der Waals surface area contributed by atoms with E-state index in [1.165, 1.54) is 0 Å². The largest absolute Gasteiger partial charge is 0.481 e. The number of ether oxygens (including phenoxy) is 2. The van der Waals surface area contributed by atoms with Gasteiger partial charge in [-0.1, -0.05) is 52.2 Å². The van der Waals surface area contributed by atoms with Crippen LogP contribution in [0.1, 0.15) is 78.6 Å². The Balaban J connectivity index is 1.78. The van der Waals surface area contributed by atoms with Crippen LogP contribution in [0.2, 0.25) is 0 Å². The number of carboxylic acid groups (broad SMARTS) is 1. The molecule has 2 heterocycles. The normalized spacial score (nSPS) is 28.3. The topological polar surface area (TPSA) is 76.0 Å². The van der Waals surface area contributed by atoms with Crippen LogP contribution in [0.5, 0.6) is 0 Å². The number of carbonyl (C=O) groups is 1. The highest BCUT2D eigenvalue weighted by Gasteiger charge is 2.47. The lowest BCUT2D eigenvalue weighted by Crippen LogP contribution is -2.31. The van der Waals surface area contributed by atoms with Gasteiger partial charge in [0.1, 0.15) is 0 Å². The summed E-state index contributed by atoms with van der Waals surface area (Å²) < 4.78 is 12.0. The first kappa shape index (κ1) is 23.4. The van der Waals surface area contributed by atoms with Gasteiger partial charge in [-0.3, -0.25) is 4.79 Å². The highest BCUT2D eigenvalue weighted by atomic mass is 16.5. The van der Waals surface area contributed by atoms with Gasteiger partial charge >= 0.3 is 5.97 Å². The fourth-order valence-electron chi connectivity index (χ4n) is 4.45. The van der Waals surface area contributed by atoms with Crippen LogP contribution in [0.25, 0.3) is 0 Å². The maximum Gasteiger partial charge on any atom is 0.303 e. The number of hydrogen-bond acceptors (Lipinski definition) is 4. The van der Waals surface area contributed by atoms with Gasteiger partial charge in [0, 0.05) is 24.9 Å². The van der Waals surface area contributed by atoms with Crippen molar-refractivity contribution in [2.45, 2.75) is 96.9 Å². The summed E-state index contributed by atoms with van der Waals surface area (Å²) in [4.78, 5) is 10.5. The fraction of sp³-hybridized carbons (Fsp3) is 0.870. The first-order valence-electron chi connectivity index (χ1n) is 11.2. The monoisotopic (exact) mass is 396 g/mol. The standard InChI is InChI=1S/C23H40O5/c1-4-5-14-23(2,3)21(24)13-10-17-18(20-12-11-19(17)28-20)16-27-15-8-6-7-9-22(25)26/h10,13,17-21,24H,4-9,11-12,14-16H2,1-3H3,(H,25,26)/b13-10+/t17-,18+,19-,20+,21?/m0/s1. The van der Waals surface area contributed by atoms with Gasteiger partial charge in [-0.25, -0.2) is 0 Å². The van der Waals surface area contributed by atoms with E-state index in [4.69, 9.17) is 14.6 Å². The molecule has 0 radical (unpaired) electrons. The average molecular weight is 397 g/mol. The zero-order valence-electron chi connectivity index (χ0n) is 17.9. The molecular formula is C23H40O5. The summed E-state index contributed by atoms with van der Waals surface area (Å²) in [5, 5.41) is 19.3. The molecule has 162 valence electrons. The van der Waals surface area contributed by atoms with Gasteiger partial charge in [0.15, 0.2) is 0 Å². The summed E-state index contributed by atoms with van der Waals surface area (Å²) in [5.41, 5.74) is -0.104. The third-order valence-electron chi connectivity index (χ3n) is 6.47. The van der Waals surface area contributed by atoms with Crippen molar-refractivity contribution >= 4 is 5.97 Å². The Morgan fingerprint density at radius 2 is 1.96 bits per heavy atom. The molecule has 5 heteroatoms. The Bertz CT molecular complexity index is 501. The van der Waals surface area contributed by atoms with E-state index in [-0.39, 0.29) is 24.0 Å². The quantitative estimate of drug-likeness (QED) is 0.332. The molecule has 2 rings (SSSR count). The lowest BCUT2D eigenvalue weighted by atomic mass is 9.77. The number of carboxylic acids is 1. The number of aliphatic hydroxyl groups excluding tert-OH is 1. The van der Waals surface area contributed by atoms with Crippen molar-refractivity contribution in [3.63, 3.8) is 0 Å². The van der Waals surface area contributed by atoms with E-state index < -0.39 is 12.1 Å². The van der Waals surface area contributed by atoms with E-state index in [1.807, 2.05) is 6.08 Å². The van der Waals surface area contributed by atoms with Crippen LogP contribution in [0.4, 0.5) is 0 Å². The molecule has 5 nitrogen and oxygen atoms in total. The van der Waals surface area contributed by atoms with Crippen LogP contribution in [0, 0.1) is 17.3 Å². The molecule has 0 aromatic heterocycles. The molecule has 2 saturated heterocycles. The minimum atomic E-state index is -0.727. The summed E-state index contributed by atoms with van der Waals surface area (Å²) >= 11 is 0. The molecule has 0 aromatic rings. The Hall–Kier alpha value is -0.910. The van der Waals surface area contributed by atoms with E-state index >= 15 is 0 Å². The molecule has 0 aliphatic carbocycles. The smallest absolute Gasteiger partial charge is 0.303 e. The van der Waals surface area contributed by atoms with Crippen LogP contribution in [-0.4, -0.2) is 47.7 Å². The number of aliphatic carboxylic acids is 1. The molecule has 5 atom stereocenters. The van der Waals surface area contributed by atoms with Crippen molar-refractivity contribution in [3.8, 4) is 0 Å². The van der Waals surface area contributed by atoms with E-state index in [0.29, 0.717) is 31.5 Å². The van der Waals surface area contributed by atoms with Crippen LogP contribution in [-0.2, 0) is 14.3 Å². The van der Waals surface area contributed by atoms with Gasteiger partial charge in [-0.05, 0) is 37.5 Å². The van der Waals surface area contributed by atoms with Crippen molar-refractivity contribution in [2.24, 2.45) is 17.3 Å². The average Bonchev–Trinajstić information content (AvgIpc) is 3.25. The second-order valence-corrected chi connectivity index (χ2v) is 9.23. The summed E-state index contributed by atoms with van der Waals surface area (Å²) in [7, 11) is 0. The third-order valence-corrected chi connectivity index (χ3v) is 6.47. The summed E-state index contributed by atoms with van der Waals surface area (Å²) in [5.74, 6) is -0.0444. The van der Waals surface area contributed by atoms with E-state index in [9.17, 15) is 9.90 Å². The fourth-order valence-corrected chi connectivity index (χ4v) is 4.45. The van der Waals surface area contributed by atoms with Crippen LogP contribution >= 0.6 is 0 Å². The molecular weight excluding hydrogens is 356 g/mol. The van der Waals surface area contributed by atoms with Gasteiger partial charge in [0.2, 0.25) is 0 Å². The Morgan fingerprint density at radius 1 is 1.21 bits per heavy atom. The summed E-state index contributed by atoms with van der Waals surface area (Å²) in [6.07, 6.45) is 12.5. The SMILES string of the molecule is CCCCC(C)(C)C(O)/C=C/[C@H]1[C@@H](COCCCCCC(=O)O)[C@H]2CC[C@@H]1O2. The van der Waals surface area contributed by atoms with Crippen LogP contribution in [0.15, 0.2) is 12.2 Å². The Morgan fingerprint density at radius 3 is 2.68 bits per heavy atom. The second-order valence-electron chi connectivity index (χ2n) is 9.23. The maximum absolute atomic E-state index is 10.7. The molecule has 0 aromatic carbocycles. The Kier molecular flexibility index (Phi) is 9.45. The van der Waals surface area contributed by atoms with Crippen molar-refractivity contribution in [2.75, 3.05) is 13.2 Å². The lowest BCUT2D eigenvalue weighted by molar-refractivity contribution is -0.137. The molecule has 0 spiro atoms. The highest BCUT2D eigenvalue weighted by molar-refractivity contribution is 5.66. The van der Waals surface area contributed by atoms with Gasteiger partial charge in [0.05, 0.1) is 24.9 Å². The van der Waals surface area contributed by atoms with Gasteiger partial charge in [0.25, 0.3) is 0 Å². The summed E-state index contributed by atoms with van der Waals surface area (Å²) in [6, 6.07) is 0. The van der Waals surface area contributed by atoms with Crippen LogP contribution in [0.3, 0.4) is 0 Å². The van der Waals surface area contributed by atoms with E-state index in [0.717, 1.165) is 44.9 Å². The van der Waals surface area contributed by atoms with Crippen molar-refractivity contribution in [1.82, 2.24) is 0 Å². The predicted molar refractivity (Wildman–Crippen MR) is 110 cm³/mol. The predicted octanol–water partition coefficient (Wildman–Crippen LogP) is 4.58. The number of unbranched alkanes of at least 4 members (excludes halogenated alkanes) is 3. The highest BCUT2D eigenvalue weighted by Crippen LogP contribution is 2.44. The first-order chi connectivity index (χ1) is 13.3. The van der Waals surface area contributed by atoms with Gasteiger partial charge in [-0.2, -0.15) is 0 Å². The van der Waals surface area contributed by atoms with Crippen molar-refractivity contribution in [1.29, 1.82) is 0 Å². The third kappa shape index (κ3) is 6.85. The molecule has 1 unspecified atom stereocenters.